The highest BCUT2D eigenvalue weighted by Crippen LogP contribution is 2.34. The standard InChI is InChI=1S/C25H28N2O5S/c1-27(15-17-8-4-3-5-9-17)25(29)31-16-22-26-23-20(12-7-13-21(23)33-22)32-19-11-6-10-18(14-19)24(28)30-2/h3-5,7-9,12-13,18-19H,6,10-11,14-16H2,1-2H3/t18-,19-/m0/s1. The summed E-state index contributed by atoms with van der Waals surface area (Å²) in [6, 6.07) is 15.6. The maximum atomic E-state index is 12.4. The van der Waals surface area contributed by atoms with Crippen molar-refractivity contribution in [3.63, 3.8) is 0 Å². The minimum Gasteiger partial charge on any atom is -0.488 e. The number of para-hydroxylation sites is 1. The number of carbonyl (C=O) groups excluding carboxylic acids is 2. The topological polar surface area (TPSA) is 78.0 Å². The van der Waals surface area contributed by atoms with E-state index in [0.717, 1.165) is 35.0 Å². The molecular weight excluding hydrogens is 440 g/mol. The summed E-state index contributed by atoms with van der Waals surface area (Å²) >= 11 is 1.48. The van der Waals surface area contributed by atoms with Gasteiger partial charge in [0, 0.05) is 13.6 Å². The van der Waals surface area contributed by atoms with E-state index in [9.17, 15) is 9.59 Å². The zero-order chi connectivity index (χ0) is 23.2. The number of hydrogen-bond acceptors (Lipinski definition) is 7. The molecule has 8 heteroatoms. The van der Waals surface area contributed by atoms with Gasteiger partial charge >= 0.3 is 12.1 Å². The Morgan fingerprint density at radius 2 is 1.94 bits per heavy atom. The van der Waals surface area contributed by atoms with E-state index in [-0.39, 0.29) is 24.6 Å². The molecule has 1 aliphatic carbocycles. The van der Waals surface area contributed by atoms with Crippen molar-refractivity contribution in [2.45, 2.75) is 44.9 Å². The van der Waals surface area contributed by atoms with Gasteiger partial charge in [-0.15, -0.1) is 11.3 Å². The lowest BCUT2D eigenvalue weighted by Gasteiger charge is -2.28. The number of ether oxygens (including phenoxy) is 3. The first-order valence-corrected chi connectivity index (χ1v) is 11.9. The molecule has 0 bridgehead atoms. The van der Waals surface area contributed by atoms with Crippen LogP contribution in [0.15, 0.2) is 48.5 Å². The van der Waals surface area contributed by atoms with Crippen LogP contribution in [0.3, 0.4) is 0 Å². The van der Waals surface area contributed by atoms with Gasteiger partial charge in [0.25, 0.3) is 0 Å². The van der Waals surface area contributed by atoms with Crippen LogP contribution in [-0.2, 0) is 27.4 Å². The zero-order valence-corrected chi connectivity index (χ0v) is 19.7. The van der Waals surface area contributed by atoms with Gasteiger partial charge in [-0.25, -0.2) is 9.78 Å². The van der Waals surface area contributed by atoms with E-state index in [1.165, 1.54) is 23.3 Å². The molecule has 1 aliphatic rings. The lowest BCUT2D eigenvalue weighted by atomic mass is 9.87. The molecule has 1 saturated carbocycles. The Morgan fingerprint density at radius 3 is 2.73 bits per heavy atom. The Bertz CT molecular complexity index is 1100. The van der Waals surface area contributed by atoms with Crippen LogP contribution >= 0.6 is 11.3 Å². The second-order valence-corrected chi connectivity index (χ2v) is 9.35. The summed E-state index contributed by atoms with van der Waals surface area (Å²) in [7, 11) is 3.14. The van der Waals surface area contributed by atoms with Crippen LogP contribution in [-0.4, -0.2) is 42.2 Å². The molecular formula is C25H28N2O5S. The highest BCUT2D eigenvalue weighted by molar-refractivity contribution is 7.18. The first-order chi connectivity index (χ1) is 16.0. The van der Waals surface area contributed by atoms with Crippen LogP contribution in [0.1, 0.15) is 36.3 Å². The van der Waals surface area contributed by atoms with Crippen LogP contribution in [0.25, 0.3) is 10.2 Å². The summed E-state index contributed by atoms with van der Waals surface area (Å²) in [4.78, 5) is 30.5. The molecule has 0 aliphatic heterocycles. The summed E-state index contributed by atoms with van der Waals surface area (Å²) in [6.45, 7) is 0.579. The van der Waals surface area contributed by atoms with Gasteiger partial charge in [0.15, 0.2) is 0 Å². The van der Waals surface area contributed by atoms with Crippen molar-refractivity contribution < 1.29 is 23.8 Å². The molecule has 174 valence electrons. The lowest BCUT2D eigenvalue weighted by Crippen LogP contribution is -2.30. The largest absolute Gasteiger partial charge is 0.488 e. The number of aromatic nitrogens is 1. The maximum Gasteiger partial charge on any atom is 0.410 e. The molecule has 0 radical (unpaired) electrons. The number of thiazole rings is 1. The number of amides is 1. The second-order valence-electron chi connectivity index (χ2n) is 8.23. The summed E-state index contributed by atoms with van der Waals surface area (Å²) in [5.74, 6) is 0.403. The molecule has 4 rings (SSSR count). The van der Waals surface area contributed by atoms with E-state index in [2.05, 4.69) is 4.98 Å². The van der Waals surface area contributed by atoms with Crippen LogP contribution in [0.4, 0.5) is 4.79 Å². The van der Waals surface area contributed by atoms with Gasteiger partial charge in [-0.3, -0.25) is 4.79 Å². The van der Waals surface area contributed by atoms with Crippen molar-refractivity contribution in [3.8, 4) is 5.75 Å². The van der Waals surface area contributed by atoms with Crippen LogP contribution in [0.2, 0.25) is 0 Å². The third kappa shape index (κ3) is 5.82. The predicted molar refractivity (Wildman–Crippen MR) is 126 cm³/mol. The van der Waals surface area contributed by atoms with Gasteiger partial charge < -0.3 is 19.1 Å². The van der Waals surface area contributed by atoms with E-state index in [4.69, 9.17) is 14.2 Å². The highest BCUT2D eigenvalue weighted by atomic mass is 32.1. The molecule has 1 amide bonds. The molecule has 33 heavy (non-hydrogen) atoms. The number of esters is 1. The van der Waals surface area contributed by atoms with Crippen LogP contribution in [0, 0.1) is 5.92 Å². The second kappa shape index (κ2) is 10.7. The SMILES string of the molecule is COC(=O)[C@H]1CCC[C@H](Oc2cccc3sc(COC(=O)N(C)Cc4ccccc4)nc23)C1. The molecule has 1 aromatic heterocycles. The maximum absolute atomic E-state index is 12.4. The average Bonchev–Trinajstić information content (AvgIpc) is 3.27. The quantitative estimate of drug-likeness (QED) is 0.445. The molecule has 1 fully saturated rings. The van der Waals surface area contributed by atoms with E-state index in [1.54, 1.807) is 7.05 Å². The molecule has 0 spiro atoms. The summed E-state index contributed by atoms with van der Waals surface area (Å²) in [5, 5.41) is 0.707. The Labute approximate surface area is 197 Å². The number of rotatable bonds is 7. The predicted octanol–water partition coefficient (Wildman–Crippen LogP) is 5.18. The summed E-state index contributed by atoms with van der Waals surface area (Å²) in [6.07, 6.45) is 2.85. The van der Waals surface area contributed by atoms with Crippen molar-refractivity contribution in [3.05, 3.63) is 59.1 Å². The minimum atomic E-state index is -0.398. The third-order valence-electron chi connectivity index (χ3n) is 5.77. The highest BCUT2D eigenvalue weighted by Gasteiger charge is 2.29. The molecule has 2 aromatic carbocycles. The number of carbonyl (C=O) groups is 2. The minimum absolute atomic E-state index is 0.0527. The van der Waals surface area contributed by atoms with Crippen LogP contribution < -0.4 is 4.74 Å². The first kappa shape index (κ1) is 23.0. The fraction of sp³-hybridized carbons (Fsp3) is 0.400. The summed E-state index contributed by atoms with van der Waals surface area (Å²) < 4.78 is 17.6. The third-order valence-corrected chi connectivity index (χ3v) is 6.77. The Balaban J connectivity index is 1.38. The first-order valence-electron chi connectivity index (χ1n) is 11.1. The van der Waals surface area contributed by atoms with E-state index >= 15 is 0 Å². The molecule has 0 saturated heterocycles. The van der Waals surface area contributed by atoms with Gasteiger partial charge in [0.05, 0.1) is 23.8 Å². The Morgan fingerprint density at radius 1 is 1.12 bits per heavy atom. The average molecular weight is 469 g/mol. The Kier molecular flexibility index (Phi) is 7.44. The molecule has 3 aromatic rings. The fourth-order valence-corrected chi connectivity index (χ4v) is 4.99. The number of fused-ring (bicyclic) bond motifs is 1. The summed E-state index contributed by atoms with van der Waals surface area (Å²) in [5.41, 5.74) is 1.79. The fourth-order valence-electron chi connectivity index (χ4n) is 4.09. The van der Waals surface area contributed by atoms with Crippen molar-refractivity contribution in [2.75, 3.05) is 14.2 Å². The van der Waals surface area contributed by atoms with Crippen molar-refractivity contribution in [1.29, 1.82) is 0 Å². The molecule has 7 nitrogen and oxygen atoms in total. The van der Waals surface area contributed by atoms with Crippen molar-refractivity contribution >= 4 is 33.6 Å². The van der Waals surface area contributed by atoms with Crippen molar-refractivity contribution in [2.24, 2.45) is 5.92 Å². The number of nitrogens with zero attached hydrogens (tertiary/aromatic N) is 2. The molecule has 0 unspecified atom stereocenters. The normalized spacial score (nSPS) is 18.0. The lowest BCUT2D eigenvalue weighted by molar-refractivity contribution is -0.147. The molecule has 2 atom stereocenters. The van der Waals surface area contributed by atoms with Crippen molar-refractivity contribution in [1.82, 2.24) is 9.88 Å². The van der Waals surface area contributed by atoms with Gasteiger partial charge in [-0.1, -0.05) is 36.4 Å². The molecule has 0 N–H and O–H groups in total. The van der Waals surface area contributed by atoms with Gasteiger partial charge in [-0.05, 0) is 43.4 Å². The van der Waals surface area contributed by atoms with Crippen LogP contribution in [0.5, 0.6) is 5.75 Å². The number of methoxy groups -OCH3 is 1. The smallest absolute Gasteiger partial charge is 0.410 e. The van der Waals surface area contributed by atoms with E-state index in [1.807, 2.05) is 48.5 Å². The number of hydrogen-bond donors (Lipinski definition) is 0. The van der Waals surface area contributed by atoms with Gasteiger partial charge in [0.1, 0.15) is 22.9 Å². The zero-order valence-electron chi connectivity index (χ0n) is 18.9. The number of benzene rings is 2. The van der Waals surface area contributed by atoms with Gasteiger partial charge in [0.2, 0.25) is 0 Å². The molecule has 1 heterocycles. The van der Waals surface area contributed by atoms with Gasteiger partial charge in [-0.2, -0.15) is 0 Å². The Hall–Kier alpha value is -3.13. The van der Waals surface area contributed by atoms with E-state index in [0.29, 0.717) is 23.7 Å². The monoisotopic (exact) mass is 468 g/mol. The van der Waals surface area contributed by atoms with E-state index < -0.39 is 6.09 Å².